The molecule has 0 aliphatic rings. The molecule has 116 valence electrons. The van der Waals surface area contributed by atoms with Crippen LogP contribution in [0.5, 0.6) is 5.75 Å². The van der Waals surface area contributed by atoms with E-state index in [-0.39, 0.29) is 12.3 Å². The zero-order valence-electron chi connectivity index (χ0n) is 12.8. The second-order valence-electron chi connectivity index (χ2n) is 4.81. The molecule has 6 nitrogen and oxygen atoms in total. The van der Waals surface area contributed by atoms with Crippen LogP contribution in [0.4, 0.5) is 5.69 Å². The number of nitro groups is 1. The topological polar surface area (TPSA) is 78.7 Å². The standard InChI is InChI=1S/C15H21NO5/c1-5-7-13(15(17)20-6-2)21-14-9-12(16(18)19)10(3)8-11(14)4/h8-9,13H,5-7H2,1-4H3. The molecule has 0 saturated heterocycles. The summed E-state index contributed by atoms with van der Waals surface area (Å²) in [6.45, 7) is 7.39. The van der Waals surface area contributed by atoms with Gasteiger partial charge in [-0.25, -0.2) is 4.79 Å². The summed E-state index contributed by atoms with van der Waals surface area (Å²) in [7, 11) is 0. The van der Waals surface area contributed by atoms with Gasteiger partial charge in [0.25, 0.3) is 5.69 Å². The van der Waals surface area contributed by atoms with E-state index in [1.54, 1.807) is 26.8 Å². The molecule has 1 aromatic rings. The lowest BCUT2D eigenvalue weighted by atomic mass is 10.1. The van der Waals surface area contributed by atoms with Crippen LogP contribution >= 0.6 is 0 Å². The van der Waals surface area contributed by atoms with E-state index in [2.05, 4.69) is 0 Å². The van der Waals surface area contributed by atoms with Crippen LogP contribution in [0.15, 0.2) is 12.1 Å². The molecule has 0 saturated carbocycles. The number of rotatable bonds is 7. The van der Waals surface area contributed by atoms with E-state index >= 15 is 0 Å². The number of nitro benzene ring substituents is 1. The summed E-state index contributed by atoms with van der Waals surface area (Å²) in [5.74, 6) is -0.0965. The van der Waals surface area contributed by atoms with Crippen molar-refractivity contribution < 1.29 is 19.2 Å². The number of ether oxygens (including phenoxy) is 2. The van der Waals surface area contributed by atoms with Crippen molar-refractivity contribution in [3.05, 3.63) is 33.4 Å². The number of hydrogen-bond donors (Lipinski definition) is 0. The molecule has 0 spiro atoms. The van der Waals surface area contributed by atoms with Gasteiger partial charge in [-0.2, -0.15) is 0 Å². The monoisotopic (exact) mass is 295 g/mol. The zero-order valence-corrected chi connectivity index (χ0v) is 12.8. The third-order valence-corrected chi connectivity index (χ3v) is 3.06. The minimum atomic E-state index is -0.740. The van der Waals surface area contributed by atoms with Crippen LogP contribution in [0.2, 0.25) is 0 Å². The van der Waals surface area contributed by atoms with Crippen molar-refractivity contribution in [3.63, 3.8) is 0 Å². The van der Waals surface area contributed by atoms with Gasteiger partial charge >= 0.3 is 5.97 Å². The highest BCUT2D eigenvalue weighted by Crippen LogP contribution is 2.29. The molecular formula is C15H21NO5. The highest BCUT2D eigenvalue weighted by atomic mass is 16.6. The lowest BCUT2D eigenvalue weighted by Gasteiger charge is -2.18. The van der Waals surface area contributed by atoms with Crippen molar-refractivity contribution in [1.82, 2.24) is 0 Å². The first-order valence-corrected chi connectivity index (χ1v) is 6.99. The Hall–Kier alpha value is -2.11. The molecule has 0 aromatic heterocycles. The molecule has 6 heteroatoms. The highest BCUT2D eigenvalue weighted by molar-refractivity contribution is 5.75. The van der Waals surface area contributed by atoms with Gasteiger partial charge in [0.1, 0.15) is 5.75 Å². The first kappa shape index (κ1) is 16.9. The summed E-state index contributed by atoms with van der Waals surface area (Å²) < 4.78 is 10.6. The van der Waals surface area contributed by atoms with Crippen LogP contribution in [0, 0.1) is 24.0 Å². The molecule has 0 heterocycles. The third kappa shape index (κ3) is 4.44. The fraction of sp³-hybridized carbons (Fsp3) is 0.533. The number of nitrogens with zero attached hydrogens (tertiary/aromatic N) is 1. The van der Waals surface area contributed by atoms with Crippen molar-refractivity contribution >= 4 is 11.7 Å². The predicted molar refractivity (Wildman–Crippen MR) is 78.5 cm³/mol. The van der Waals surface area contributed by atoms with Crippen LogP contribution in [0.3, 0.4) is 0 Å². The third-order valence-electron chi connectivity index (χ3n) is 3.06. The molecule has 0 radical (unpaired) electrons. The molecule has 1 rings (SSSR count). The van der Waals surface area contributed by atoms with E-state index in [1.165, 1.54) is 6.07 Å². The maximum Gasteiger partial charge on any atom is 0.347 e. The van der Waals surface area contributed by atoms with Crippen molar-refractivity contribution in [1.29, 1.82) is 0 Å². The summed E-state index contributed by atoms with van der Waals surface area (Å²) in [6.07, 6.45) is 0.507. The Morgan fingerprint density at radius 1 is 1.29 bits per heavy atom. The quantitative estimate of drug-likeness (QED) is 0.438. The van der Waals surface area contributed by atoms with Crippen LogP contribution in [-0.2, 0) is 9.53 Å². The molecule has 0 bridgehead atoms. The SMILES string of the molecule is CCCC(Oc1cc([N+](=O)[O-])c(C)cc1C)C(=O)OCC. The van der Waals surface area contributed by atoms with Gasteiger partial charge in [0, 0.05) is 5.56 Å². The highest BCUT2D eigenvalue weighted by Gasteiger charge is 2.23. The lowest BCUT2D eigenvalue weighted by molar-refractivity contribution is -0.385. The van der Waals surface area contributed by atoms with Gasteiger partial charge in [0.15, 0.2) is 6.10 Å². The summed E-state index contributed by atoms with van der Waals surface area (Å²) >= 11 is 0. The average molecular weight is 295 g/mol. The maximum atomic E-state index is 11.9. The Balaban J connectivity index is 3.05. The lowest BCUT2D eigenvalue weighted by Crippen LogP contribution is -2.29. The second-order valence-corrected chi connectivity index (χ2v) is 4.81. The summed E-state index contributed by atoms with van der Waals surface area (Å²) in [5, 5.41) is 11.0. The zero-order chi connectivity index (χ0) is 16.0. The van der Waals surface area contributed by atoms with E-state index in [0.29, 0.717) is 17.7 Å². The Kier molecular flexibility index (Phi) is 6.14. The predicted octanol–water partition coefficient (Wildman–Crippen LogP) is 3.32. The molecule has 0 aliphatic carbocycles. The fourth-order valence-electron chi connectivity index (χ4n) is 2.02. The molecule has 21 heavy (non-hydrogen) atoms. The van der Waals surface area contributed by atoms with Crippen molar-refractivity contribution in [2.45, 2.75) is 46.6 Å². The average Bonchev–Trinajstić information content (AvgIpc) is 2.40. The van der Waals surface area contributed by atoms with Gasteiger partial charge in [0.2, 0.25) is 0 Å². The number of carbonyl (C=O) groups excluding carboxylic acids is 1. The van der Waals surface area contributed by atoms with Gasteiger partial charge in [-0.15, -0.1) is 0 Å². The van der Waals surface area contributed by atoms with E-state index in [9.17, 15) is 14.9 Å². The van der Waals surface area contributed by atoms with Crippen LogP contribution in [0.1, 0.15) is 37.8 Å². The summed E-state index contributed by atoms with van der Waals surface area (Å²) in [5.41, 5.74) is 1.30. The fourth-order valence-corrected chi connectivity index (χ4v) is 2.02. The minimum Gasteiger partial charge on any atom is -0.478 e. The van der Waals surface area contributed by atoms with Crippen LogP contribution in [-0.4, -0.2) is 23.6 Å². The van der Waals surface area contributed by atoms with Crippen molar-refractivity contribution in [2.75, 3.05) is 6.61 Å². The van der Waals surface area contributed by atoms with E-state index in [4.69, 9.17) is 9.47 Å². The van der Waals surface area contributed by atoms with Gasteiger partial charge in [0.05, 0.1) is 17.6 Å². The normalized spacial score (nSPS) is 11.8. The van der Waals surface area contributed by atoms with Crippen molar-refractivity contribution in [2.24, 2.45) is 0 Å². The van der Waals surface area contributed by atoms with E-state index in [1.807, 2.05) is 6.92 Å². The second kappa shape index (κ2) is 7.61. The van der Waals surface area contributed by atoms with Gasteiger partial charge in [-0.05, 0) is 38.8 Å². The van der Waals surface area contributed by atoms with Crippen molar-refractivity contribution in [3.8, 4) is 5.75 Å². The summed E-state index contributed by atoms with van der Waals surface area (Å²) in [4.78, 5) is 22.4. The number of carbonyl (C=O) groups is 1. The van der Waals surface area contributed by atoms with Gasteiger partial charge < -0.3 is 9.47 Å². The number of benzene rings is 1. The molecule has 0 aliphatic heterocycles. The first-order valence-electron chi connectivity index (χ1n) is 6.99. The first-order chi connectivity index (χ1) is 9.90. The molecule has 1 unspecified atom stereocenters. The summed E-state index contributed by atoms with van der Waals surface area (Å²) in [6, 6.07) is 3.05. The molecule has 0 N–H and O–H groups in total. The molecule has 1 atom stereocenters. The van der Waals surface area contributed by atoms with Gasteiger partial charge in [-0.1, -0.05) is 13.3 Å². The smallest absolute Gasteiger partial charge is 0.347 e. The van der Waals surface area contributed by atoms with Crippen LogP contribution < -0.4 is 4.74 Å². The molecular weight excluding hydrogens is 274 g/mol. The molecule has 0 amide bonds. The Labute approximate surface area is 124 Å². The van der Waals surface area contributed by atoms with Crippen LogP contribution in [0.25, 0.3) is 0 Å². The van der Waals surface area contributed by atoms with E-state index < -0.39 is 17.0 Å². The number of aryl methyl sites for hydroxylation is 2. The Morgan fingerprint density at radius 3 is 2.48 bits per heavy atom. The molecule has 0 fully saturated rings. The van der Waals surface area contributed by atoms with E-state index in [0.717, 1.165) is 12.0 Å². The number of hydrogen-bond acceptors (Lipinski definition) is 5. The number of esters is 1. The molecule has 1 aromatic carbocycles. The minimum absolute atomic E-state index is 0.0188. The van der Waals surface area contributed by atoms with Gasteiger partial charge in [-0.3, -0.25) is 10.1 Å². The Morgan fingerprint density at radius 2 is 1.95 bits per heavy atom. The maximum absolute atomic E-state index is 11.9. The largest absolute Gasteiger partial charge is 0.478 e. The Bertz CT molecular complexity index is 527.